The number of hydrogen-bond acceptors (Lipinski definition) is 4. The number of amides is 3. The van der Waals surface area contributed by atoms with Crippen molar-refractivity contribution in [3.63, 3.8) is 0 Å². The highest BCUT2D eigenvalue weighted by molar-refractivity contribution is 5.98. The normalized spacial score (nSPS) is 11.6. The van der Waals surface area contributed by atoms with E-state index in [4.69, 9.17) is 5.73 Å². The Morgan fingerprint density at radius 1 is 1.00 bits per heavy atom. The number of pyridine rings is 1. The van der Waals surface area contributed by atoms with Crippen LogP contribution in [-0.4, -0.2) is 28.7 Å². The molecule has 0 spiro atoms. The van der Waals surface area contributed by atoms with Crippen molar-refractivity contribution >= 4 is 34.3 Å². The first-order valence-electron chi connectivity index (χ1n) is 8.75. The van der Waals surface area contributed by atoms with E-state index in [-0.39, 0.29) is 12.3 Å². The van der Waals surface area contributed by atoms with Crippen molar-refractivity contribution in [2.75, 3.05) is 5.32 Å². The molecule has 4 N–H and O–H groups in total. The molecule has 0 bridgehead atoms. The van der Waals surface area contributed by atoms with Gasteiger partial charge in [-0.3, -0.25) is 19.4 Å². The number of carbonyl (C=O) groups is 3. The van der Waals surface area contributed by atoms with Gasteiger partial charge in [0.15, 0.2) is 0 Å². The number of fused-ring (bicyclic) bond motifs is 1. The molecule has 0 unspecified atom stereocenters. The second kappa shape index (κ2) is 8.30. The minimum atomic E-state index is -0.892. The maximum Gasteiger partial charge on any atom is 0.251 e. The molecule has 1 atom stereocenters. The van der Waals surface area contributed by atoms with Crippen LogP contribution in [0.1, 0.15) is 23.0 Å². The maximum atomic E-state index is 12.5. The summed E-state index contributed by atoms with van der Waals surface area (Å²) in [6.07, 6.45) is 0.190. The highest BCUT2D eigenvalue weighted by Gasteiger charge is 2.20. The fourth-order valence-corrected chi connectivity index (χ4v) is 2.80. The van der Waals surface area contributed by atoms with Crippen molar-refractivity contribution in [3.05, 3.63) is 71.9 Å². The molecule has 2 aromatic carbocycles. The van der Waals surface area contributed by atoms with Crippen LogP contribution in [0.4, 0.5) is 5.69 Å². The molecule has 7 heteroatoms. The van der Waals surface area contributed by atoms with Crippen LogP contribution >= 0.6 is 0 Å². The van der Waals surface area contributed by atoms with Crippen LogP contribution in [0.3, 0.4) is 0 Å². The van der Waals surface area contributed by atoms with Gasteiger partial charge in [0.2, 0.25) is 11.8 Å². The van der Waals surface area contributed by atoms with E-state index >= 15 is 0 Å². The fourth-order valence-electron chi connectivity index (χ4n) is 2.80. The predicted molar refractivity (Wildman–Crippen MR) is 107 cm³/mol. The SMILES string of the molecule is CC(=O)Nc1ccc(C(=O)N[C@H](Cc2ccc3ccccc3n2)C(N)=O)cc1. The van der Waals surface area contributed by atoms with Crippen LogP contribution in [0.25, 0.3) is 10.9 Å². The molecule has 1 aromatic heterocycles. The van der Waals surface area contributed by atoms with Crippen molar-refractivity contribution < 1.29 is 14.4 Å². The smallest absolute Gasteiger partial charge is 0.251 e. The Kier molecular flexibility index (Phi) is 5.64. The minimum absolute atomic E-state index is 0.190. The predicted octanol–water partition coefficient (Wildman–Crippen LogP) is 2.02. The number of aromatic nitrogens is 1. The minimum Gasteiger partial charge on any atom is -0.368 e. The molecule has 0 saturated heterocycles. The molecule has 0 fully saturated rings. The number of anilines is 1. The van der Waals surface area contributed by atoms with Crippen LogP contribution in [0, 0.1) is 0 Å². The van der Waals surface area contributed by atoms with Gasteiger partial charge in [-0.15, -0.1) is 0 Å². The third-order valence-electron chi connectivity index (χ3n) is 4.19. The molecule has 1 heterocycles. The van der Waals surface area contributed by atoms with Gasteiger partial charge in [0.1, 0.15) is 6.04 Å². The number of hydrogen-bond donors (Lipinski definition) is 3. The van der Waals surface area contributed by atoms with E-state index in [0.717, 1.165) is 10.9 Å². The second-order valence-corrected chi connectivity index (χ2v) is 6.39. The molecule has 3 aromatic rings. The third kappa shape index (κ3) is 4.70. The fraction of sp³-hybridized carbons (Fsp3) is 0.143. The van der Waals surface area contributed by atoms with Crippen molar-refractivity contribution in [3.8, 4) is 0 Å². The summed E-state index contributed by atoms with van der Waals surface area (Å²) in [6.45, 7) is 1.40. The van der Waals surface area contributed by atoms with Gasteiger partial charge in [0.05, 0.1) is 5.52 Å². The number of nitrogens with two attached hydrogens (primary N) is 1. The summed E-state index contributed by atoms with van der Waals surface area (Å²) in [6, 6.07) is 16.8. The highest BCUT2D eigenvalue weighted by atomic mass is 16.2. The van der Waals surface area contributed by atoms with Gasteiger partial charge in [0, 0.05) is 35.7 Å². The van der Waals surface area contributed by atoms with Crippen LogP contribution in [-0.2, 0) is 16.0 Å². The first kappa shape index (κ1) is 19.0. The Morgan fingerprint density at radius 2 is 1.71 bits per heavy atom. The molecule has 0 aliphatic heterocycles. The second-order valence-electron chi connectivity index (χ2n) is 6.39. The van der Waals surface area contributed by atoms with Crippen molar-refractivity contribution in [1.82, 2.24) is 10.3 Å². The molecular formula is C21H20N4O3. The molecule has 28 heavy (non-hydrogen) atoms. The summed E-state index contributed by atoms with van der Waals surface area (Å²) in [5.41, 5.74) is 7.87. The lowest BCUT2D eigenvalue weighted by Gasteiger charge is -2.16. The van der Waals surface area contributed by atoms with E-state index in [0.29, 0.717) is 16.9 Å². The van der Waals surface area contributed by atoms with Crippen LogP contribution in [0.2, 0.25) is 0 Å². The van der Waals surface area contributed by atoms with Gasteiger partial charge >= 0.3 is 0 Å². The molecule has 0 aliphatic carbocycles. The Hall–Kier alpha value is -3.74. The molecule has 3 rings (SSSR count). The number of nitrogens with one attached hydrogen (secondary N) is 2. The highest BCUT2D eigenvalue weighted by Crippen LogP contribution is 2.14. The molecule has 7 nitrogen and oxygen atoms in total. The van der Waals surface area contributed by atoms with E-state index in [9.17, 15) is 14.4 Å². The number of nitrogens with zero attached hydrogens (tertiary/aromatic N) is 1. The van der Waals surface area contributed by atoms with E-state index in [1.807, 2.05) is 36.4 Å². The van der Waals surface area contributed by atoms with Gasteiger partial charge in [-0.25, -0.2) is 0 Å². The standard InChI is InChI=1S/C21H20N4O3/c1-13(26)23-16-9-7-15(8-10-16)21(28)25-19(20(22)27)12-17-11-6-14-4-2-3-5-18(14)24-17/h2-11,19H,12H2,1H3,(H2,22,27)(H,23,26)(H,25,28)/t19-/m1/s1. The maximum absolute atomic E-state index is 12.5. The average Bonchev–Trinajstić information content (AvgIpc) is 2.67. The zero-order valence-corrected chi connectivity index (χ0v) is 15.3. The summed E-state index contributed by atoms with van der Waals surface area (Å²) < 4.78 is 0. The van der Waals surface area contributed by atoms with E-state index in [1.54, 1.807) is 24.3 Å². The van der Waals surface area contributed by atoms with Gasteiger partial charge < -0.3 is 16.4 Å². The lowest BCUT2D eigenvalue weighted by molar-refractivity contribution is -0.119. The Morgan fingerprint density at radius 3 is 2.39 bits per heavy atom. The number of carbonyl (C=O) groups excluding carboxylic acids is 3. The zero-order chi connectivity index (χ0) is 20.1. The Balaban J connectivity index is 1.72. The Labute approximate surface area is 162 Å². The summed E-state index contributed by atoms with van der Waals surface area (Å²) in [5, 5.41) is 6.26. The van der Waals surface area contributed by atoms with Gasteiger partial charge in [-0.2, -0.15) is 0 Å². The van der Waals surface area contributed by atoms with Gasteiger partial charge in [-0.05, 0) is 36.4 Å². The van der Waals surface area contributed by atoms with Crippen LogP contribution in [0.5, 0.6) is 0 Å². The largest absolute Gasteiger partial charge is 0.368 e. The Bertz CT molecular complexity index is 1030. The summed E-state index contributed by atoms with van der Waals surface area (Å²) in [7, 11) is 0. The third-order valence-corrected chi connectivity index (χ3v) is 4.19. The van der Waals surface area contributed by atoms with Crippen LogP contribution < -0.4 is 16.4 Å². The molecule has 0 radical (unpaired) electrons. The molecule has 142 valence electrons. The number of benzene rings is 2. The average molecular weight is 376 g/mol. The summed E-state index contributed by atoms with van der Waals surface area (Å²) in [5.74, 6) is -1.27. The number of rotatable bonds is 6. The summed E-state index contributed by atoms with van der Waals surface area (Å²) >= 11 is 0. The molecule has 0 aliphatic rings. The quantitative estimate of drug-likeness (QED) is 0.610. The van der Waals surface area contributed by atoms with Crippen molar-refractivity contribution in [1.29, 1.82) is 0 Å². The zero-order valence-electron chi connectivity index (χ0n) is 15.3. The molecular weight excluding hydrogens is 356 g/mol. The lowest BCUT2D eigenvalue weighted by atomic mass is 10.1. The lowest BCUT2D eigenvalue weighted by Crippen LogP contribution is -2.46. The van der Waals surface area contributed by atoms with Crippen LogP contribution in [0.15, 0.2) is 60.7 Å². The van der Waals surface area contributed by atoms with E-state index in [1.165, 1.54) is 6.92 Å². The molecule has 3 amide bonds. The van der Waals surface area contributed by atoms with Gasteiger partial charge in [-0.1, -0.05) is 24.3 Å². The first-order valence-corrected chi connectivity index (χ1v) is 8.75. The monoisotopic (exact) mass is 376 g/mol. The van der Waals surface area contributed by atoms with Gasteiger partial charge in [0.25, 0.3) is 5.91 Å². The molecule has 0 saturated carbocycles. The summed E-state index contributed by atoms with van der Waals surface area (Å²) in [4.78, 5) is 39.9. The van der Waals surface area contributed by atoms with E-state index in [2.05, 4.69) is 15.6 Å². The van der Waals surface area contributed by atoms with Crippen molar-refractivity contribution in [2.45, 2.75) is 19.4 Å². The van der Waals surface area contributed by atoms with E-state index < -0.39 is 17.9 Å². The first-order chi connectivity index (χ1) is 13.4. The number of para-hydroxylation sites is 1. The number of primary amides is 1. The van der Waals surface area contributed by atoms with Crippen molar-refractivity contribution in [2.24, 2.45) is 5.73 Å². The topological polar surface area (TPSA) is 114 Å².